The van der Waals surface area contributed by atoms with Crippen LogP contribution >= 0.6 is 23.4 Å². The van der Waals surface area contributed by atoms with Crippen LogP contribution in [0.4, 0.5) is 5.69 Å². The molecule has 0 spiro atoms. The molecule has 0 fully saturated rings. The minimum Gasteiger partial charge on any atom is -0.495 e. The van der Waals surface area contributed by atoms with Crippen LogP contribution in [-0.4, -0.2) is 27.8 Å². The molecular weight excluding hydrogens is 382 g/mol. The van der Waals surface area contributed by atoms with E-state index in [0.717, 1.165) is 29.2 Å². The molecule has 3 rings (SSSR count). The van der Waals surface area contributed by atoms with Gasteiger partial charge in [-0.05, 0) is 43.7 Å². The van der Waals surface area contributed by atoms with E-state index in [9.17, 15) is 4.79 Å². The highest BCUT2D eigenvalue weighted by Crippen LogP contribution is 2.30. The monoisotopic (exact) mass is 403 g/mol. The first-order valence-corrected chi connectivity index (χ1v) is 10.1. The van der Waals surface area contributed by atoms with Crippen molar-refractivity contribution in [3.63, 3.8) is 0 Å². The minimum atomic E-state index is -0.321. The van der Waals surface area contributed by atoms with Gasteiger partial charge in [-0.15, -0.1) is 0 Å². The van der Waals surface area contributed by atoms with Gasteiger partial charge >= 0.3 is 0 Å². The quantitative estimate of drug-likeness (QED) is 0.549. The summed E-state index contributed by atoms with van der Waals surface area (Å²) in [4.78, 5) is 17.4. The summed E-state index contributed by atoms with van der Waals surface area (Å²) in [5, 5.41) is 4.08. The zero-order valence-corrected chi connectivity index (χ0v) is 17.1. The molecule has 0 radical (unpaired) electrons. The molecule has 7 heteroatoms. The van der Waals surface area contributed by atoms with Crippen molar-refractivity contribution in [2.24, 2.45) is 0 Å². The van der Waals surface area contributed by atoms with Gasteiger partial charge in [-0.1, -0.05) is 42.4 Å². The molecule has 0 bridgehead atoms. The number of aromatic nitrogens is 2. The number of para-hydroxylation sites is 2. The average Bonchev–Trinajstić information content (AvgIpc) is 2.98. The van der Waals surface area contributed by atoms with Crippen LogP contribution in [0, 0.1) is 0 Å². The highest BCUT2D eigenvalue weighted by atomic mass is 35.5. The molecule has 5 nitrogen and oxygen atoms in total. The first kappa shape index (κ1) is 19.6. The number of anilines is 1. The maximum atomic E-state index is 12.7. The molecule has 0 unspecified atom stereocenters. The smallest absolute Gasteiger partial charge is 0.237 e. The van der Waals surface area contributed by atoms with Crippen molar-refractivity contribution in [2.45, 2.75) is 37.2 Å². The molecule has 27 heavy (non-hydrogen) atoms. The van der Waals surface area contributed by atoms with Crippen LogP contribution in [-0.2, 0) is 11.3 Å². The maximum absolute atomic E-state index is 12.7. The number of carbonyl (C=O) groups is 1. The largest absolute Gasteiger partial charge is 0.495 e. The molecule has 1 heterocycles. The number of fused-ring (bicyclic) bond motifs is 1. The summed E-state index contributed by atoms with van der Waals surface area (Å²) in [7, 11) is 1.58. The van der Waals surface area contributed by atoms with Crippen LogP contribution in [0.2, 0.25) is 5.02 Å². The normalized spacial score (nSPS) is 12.1. The Balaban J connectivity index is 1.81. The first-order valence-electron chi connectivity index (χ1n) is 8.79. The fraction of sp³-hybridized carbons (Fsp3) is 0.300. The van der Waals surface area contributed by atoms with Gasteiger partial charge in [0.05, 0.1) is 29.1 Å². The Kier molecular flexibility index (Phi) is 6.29. The van der Waals surface area contributed by atoms with Crippen LogP contribution in [0.5, 0.6) is 5.75 Å². The van der Waals surface area contributed by atoms with Crippen LogP contribution in [0.15, 0.2) is 47.6 Å². The number of amides is 1. The second-order valence-corrected chi connectivity index (χ2v) is 7.87. The standard InChI is InChI=1S/C20H22ClN3O2S/c1-4-11-24-17-10-9-14(21)12-16(17)23-20(24)27-13(2)19(25)22-15-7-5-6-8-18(15)26-3/h5-10,12-13H,4,11H2,1-3H3,(H,22,25)/t13-/m0/s1. The fourth-order valence-electron chi connectivity index (χ4n) is 2.80. The van der Waals surface area contributed by atoms with E-state index in [0.29, 0.717) is 16.5 Å². The van der Waals surface area contributed by atoms with E-state index in [1.54, 1.807) is 7.11 Å². The average molecular weight is 404 g/mol. The first-order chi connectivity index (χ1) is 13.0. The Morgan fingerprint density at radius 1 is 1.33 bits per heavy atom. The number of ether oxygens (including phenoxy) is 1. The maximum Gasteiger partial charge on any atom is 0.237 e. The molecule has 1 amide bonds. The number of carbonyl (C=O) groups excluding carboxylic acids is 1. The lowest BCUT2D eigenvalue weighted by Crippen LogP contribution is -2.23. The van der Waals surface area contributed by atoms with Crippen LogP contribution in [0.1, 0.15) is 20.3 Å². The Morgan fingerprint density at radius 2 is 2.11 bits per heavy atom. The van der Waals surface area contributed by atoms with Crippen LogP contribution in [0.25, 0.3) is 11.0 Å². The second kappa shape index (κ2) is 8.67. The second-order valence-electron chi connectivity index (χ2n) is 6.13. The Hall–Kier alpha value is -2.18. The third kappa shape index (κ3) is 4.39. The summed E-state index contributed by atoms with van der Waals surface area (Å²) in [6.45, 7) is 4.83. The lowest BCUT2D eigenvalue weighted by molar-refractivity contribution is -0.115. The van der Waals surface area contributed by atoms with Gasteiger partial charge in [0.15, 0.2) is 5.16 Å². The molecule has 0 aliphatic rings. The number of halogens is 1. The van der Waals surface area contributed by atoms with E-state index in [1.807, 2.05) is 49.4 Å². The lowest BCUT2D eigenvalue weighted by Gasteiger charge is -2.14. The summed E-state index contributed by atoms with van der Waals surface area (Å²) >= 11 is 7.54. The van der Waals surface area contributed by atoms with Gasteiger partial charge in [-0.25, -0.2) is 4.98 Å². The summed E-state index contributed by atoms with van der Waals surface area (Å²) in [6, 6.07) is 13.1. The number of thioether (sulfide) groups is 1. The molecule has 0 saturated heterocycles. The van der Waals surface area contributed by atoms with E-state index in [1.165, 1.54) is 11.8 Å². The zero-order chi connectivity index (χ0) is 19.4. The third-order valence-electron chi connectivity index (χ3n) is 4.14. The van der Waals surface area contributed by atoms with Gasteiger partial charge < -0.3 is 14.6 Å². The number of methoxy groups -OCH3 is 1. The summed E-state index contributed by atoms with van der Waals surface area (Å²) in [6.07, 6.45) is 0.976. The molecular formula is C20H22ClN3O2S. The van der Waals surface area contributed by atoms with Crippen molar-refractivity contribution in [3.05, 3.63) is 47.5 Å². The predicted octanol–water partition coefficient (Wildman–Crippen LogP) is 5.23. The zero-order valence-electron chi connectivity index (χ0n) is 15.5. The topological polar surface area (TPSA) is 56.2 Å². The molecule has 1 atom stereocenters. The fourth-order valence-corrected chi connectivity index (χ4v) is 3.92. The predicted molar refractivity (Wildman–Crippen MR) is 112 cm³/mol. The number of hydrogen-bond acceptors (Lipinski definition) is 4. The number of benzene rings is 2. The van der Waals surface area contributed by atoms with Crippen LogP contribution < -0.4 is 10.1 Å². The Bertz CT molecular complexity index is 958. The van der Waals surface area contributed by atoms with Crippen LogP contribution in [0.3, 0.4) is 0 Å². The van der Waals surface area contributed by atoms with Crippen molar-refractivity contribution < 1.29 is 9.53 Å². The molecule has 142 valence electrons. The van der Waals surface area contributed by atoms with Gasteiger partial charge in [-0.2, -0.15) is 0 Å². The van der Waals surface area contributed by atoms with Crippen molar-refractivity contribution in [1.82, 2.24) is 9.55 Å². The SMILES string of the molecule is CCCn1c(S[C@@H](C)C(=O)Nc2ccccc2OC)nc2cc(Cl)ccc21. The van der Waals surface area contributed by atoms with E-state index in [-0.39, 0.29) is 11.2 Å². The number of rotatable bonds is 7. The van der Waals surface area contributed by atoms with Gasteiger partial charge in [0.25, 0.3) is 0 Å². The molecule has 2 aromatic carbocycles. The van der Waals surface area contributed by atoms with Gasteiger partial charge in [0.2, 0.25) is 5.91 Å². The van der Waals surface area contributed by atoms with E-state index >= 15 is 0 Å². The number of nitrogens with one attached hydrogen (secondary N) is 1. The summed E-state index contributed by atoms with van der Waals surface area (Å²) < 4.78 is 7.44. The third-order valence-corrected chi connectivity index (χ3v) is 5.46. The van der Waals surface area contributed by atoms with Crippen molar-refractivity contribution in [1.29, 1.82) is 0 Å². The number of hydrogen-bond donors (Lipinski definition) is 1. The molecule has 1 N–H and O–H groups in total. The Morgan fingerprint density at radius 3 is 2.85 bits per heavy atom. The highest BCUT2D eigenvalue weighted by Gasteiger charge is 2.20. The van der Waals surface area contributed by atoms with E-state index < -0.39 is 0 Å². The van der Waals surface area contributed by atoms with E-state index in [4.69, 9.17) is 21.3 Å². The van der Waals surface area contributed by atoms with E-state index in [2.05, 4.69) is 16.8 Å². The van der Waals surface area contributed by atoms with Gasteiger partial charge in [-0.3, -0.25) is 4.79 Å². The Labute approximate surface area is 168 Å². The molecule has 0 aliphatic heterocycles. The number of aryl methyl sites for hydroxylation is 1. The molecule has 0 aliphatic carbocycles. The highest BCUT2D eigenvalue weighted by molar-refractivity contribution is 8.00. The lowest BCUT2D eigenvalue weighted by atomic mass is 10.3. The molecule has 1 aromatic heterocycles. The van der Waals surface area contributed by atoms with Crippen molar-refractivity contribution in [3.8, 4) is 5.75 Å². The van der Waals surface area contributed by atoms with Crippen molar-refractivity contribution in [2.75, 3.05) is 12.4 Å². The molecule has 0 saturated carbocycles. The van der Waals surface area contributed by atoms with Gasteiger partial charge in [0.1, 0.15) is 5.75 Å². The summed E-state index contributed by atoms with van der Waals surface area (Å²) in [5.41, 5.74) is 2.53. The minimum absolute atomic E-state index is 0.0994. The number of nitrogens with zero attached hydrogens (tertiary/aromatic N) is 2. The number of imidazole rings is 1. The van der Waals surface area contributed by atoms with Crippen molar-refractivity contribution >= 4 is 46.0 Å². The summed E-state index contributed by atoms with van der Waals surface area (Å²) in [5.74, 6) is 0.536. The van der Waals surface area contributed by atoms with Gasteiger partial charge in [0, 0.05) is 11.6 Å². The molecule has 3 aromatic rings.